The van der Waals surface area contributed by atoms with Crippen LogP contribution >= 0.6 is 0 Å². The van der Waals surface area contributed by atoms with E-state index in [1.807, 2.05) is 0 Å². The summed E-state index contributed by atoms with van der Waals surface area (Å²) in [6.45, 7) is 9.18. The summed E-state index contributed by atoms with van der Waals surface area (Å²) < 4.78 is 0. The second kappa shape index (κ2) is 5.96. The average Bonchev–Trinajstić information content (AvgIpc) is 2.91. The van der Waals surface area contributed by atoms with Gasteiger partial charge in [0.15, 0.2) is 0 Å². The number of para-hydroxylation sites is 1. The Hall–Kier alpha value is -1.02. The van der Waals surface area contributed by atoms with Crippen molar-refractivity contribution in [2.45, 2.75) is 52.5 Å². The maximum Gasteiger partial charge on any atom is 0.0414 e. The summed E-state index contributed by atoms with van der Waals surface area (Å²) in [5.74, 6) is 0. The Balaban J connectivity index is 2.24. The normalized spacial score (nSPS) is 19.7. The topological polar surface area (TPSA) is 29.3 Å². The van der Waals surface area contributed by atoms with Crippen molar-refractivity contribution in [1.29, 1.82) is 0 Å². The highest BCUT2D eigenvalue weighted by Crippen LogP contribution is 2.40. The molecule has 0 aromatic heterocycles. The quantitative estimate of drug-likeness (QED) is 0.863. The van der Waals surface area contributed by atoms with Gasteiger partial charge in [0.2, 0.25) is 0 Å². The van der Waals surface area contributed by atoms with E-state index in [9.17, 15) is 0 Å². The maximum atomic E-state index is 6.27. The molecule has 2 nitrogen and oxygen atoms in total. The van der Waals surface area contributed by atoms with Crippen LogP contribution in [-0.4, -0.2) is 13.1 Å². The fourth-order valence-corrected chi connectivity index (χ4v) is 3.28. The number of hydrogen-bond acceptors (Lipinski definition) is 2. The third-order valence-electron chi connectivity index (χ3n) is 5.06. The predicted molar refractivity (Wildman–Crippen MR) is 83.5 cm³/mol. The predicted octanol–water partition coefficient (Wildman–Crippen LogP) is 4.11. The van der Waals surface area contributed by atoms with Gasteiger partial charge in [-0.2, -0.15) is 0 Å². The zero-order chi connectivity index (χ0) is 13.9. The molecule has 2 rings (SSSR count). The molecule has 1 aromatic carbocycles. The first-order chi connectivity index (χ1) is 9.15. The van der Waals surface area contributed by atoms with Gasteiger partial charge in [-0.15, -0.1) is 0 Å². The molecule has 1 aliphatic rings. The van der Waals surface area contributed by atoms with Crippen molar-refractivity contribution in [3.05, 3.63) is 29.8 Å². The number of hydrogen-bond donors (Lipinski definition) is 1. The SMILES string of the molecule is CC[C@H](N)c1ccccc1N1CCC(CC)(CC)C1. The van der Waals surface area contributed by atoms with Crippen molar-refractivity contribution < 1.29 is 0 Å². The van der Waals surface area contributed by atoms with E-state index in [0.29, 0.717) is 5.41 Å². The van der Waals surface area contributed by atoms with Crippen molar-refractivity contribution in [2.75, 3.05) is 18.0 Å². The molecule has 0 unspecified atom stereocenters. The Bertz CT molecular complexity index is 409. The number of nitrogens with zero attached hydrogens (tertiary/aromatic N) is 1. The summed E-state index contributed by atoms with van der Waals surface area (Å²) in [6.07, 6.45) is 4.87. The van der Waals surface area contributed by atoms with Gasteiger partial charge in [-0.25, -0.2) is 0 Å². The molecule has 1 atom stereocenters. The average molecular weight is 260 g/mol. The molecule has 0 bridgehead atoms. The van der Waals surface area contributed by atoms with E-state index < -0.39 is 0 Å². The summed E-state index contributed by atoms with van der Waals surface area (Å²) in [7, 11) is 0. The minimum atomic E-state index is 0.162. The number of benzene rings is 1. The molecule has 106 valence electrons. The van der Waals surface area contributed by atoms with Crippen molar-refractivity contribution >= 4 is 5.69 Å². The minimum Gasteiger partial charge on any atom is -0.371 e. The molecule has 0 spiro atoms. The fourth-order valence-electron chi connectivity index (χ4n) is 3.28. The Morgan fingerprint density at radius 2 is 1.89 bits per heavy atom. The first-order valence-corrected chi connectivity index (χ1v) is 7.75. The van der Waals surface area contributed by atoms with E-state index in [2.05, 4.69) is 49.9 Å². The molecule has 0 aliphatic carbocycles. The summed E-state index contributed by atoms with van der Waals surface area (Å²) in [4.78, 5) is 2.55. The summed E-state index contributed by atoms with van der Waals surface area (Å²) >= 11 is 0. The van der Waals surface area contributed by atoms with Crippen molar-refractivity contribution in [3.63, 3.8) is 0 Å². The Morgan fingerprint density at radius 3 is 2.47 bits per heavy atom. The molecule has 1 aliphatic heterocycles. The van der Waals surface area contributed by atoms with Crippen LogP contribution < -0.4 is 10.6 Å². The second-order valence-corrected chi connectivity index (χ2v) is 5.95. The highest BCUT2D eigenvalue weighted by molar-refractivity contribution is 5.56. The molecule has 2 N–H and O–H groups in total. The van der Waals surface area contributed by atoms with Crippen LogP contribution in [0.4, 0.5) is 5.69 Å². The van der Waals surface area contributed by atoms with Crippen LogP contribution in [0.1, 0.15) is 58.1 Å². The van der Waals surface area contributed by atoms with Gasteiger partial charge in [0, 0.05) is 24.8 Å². The highest BCUT2D eigenvalue weighted by atomic mass is 15.2. The molecule has 0 radical (unpaired) electrons. The van der Waals surface area contributed by atoms with Gasteiger partial charge in [-0.1, -0.05) is 39.0 Å². The van der Waals surface area contributed by atoms with Gasteiger partial charge < -0.3 is 10.6 Å². The molecular weight excluding hydrogens is 232 g/mol. The van der Waals surface area contributed by atoms with Gasteiger partial charge in [-0.3, -0.25) is 0 Å². The Kier molecular flexibility index (Phi) is 4.51. The molecule has 1 heterocycles. The van der Waals surface area contributed by atoms with Crippen LogP contribution in [0.2, 0.25) is 0 Å². The van der Waals surface area contributed by atoms with E-state index in [1.54, 1.807) is 0 Å². The molecular formula is C17H28N2. The maximum absolute atomic E-state index is 6.27. The zero-order valence-corrected chi connectivity index (χ0v) is 12.7. The second-order valence-electron chi connectivity index (χ2n) is 5.95. The van der Waals surface area contributed by atoms with Gasteiger partial charge in [0.1, 0.15) is 0 Å². The van der Waals surface area contributed by atoms with E-state index in [0.717, 1.165) is 6.42 Å². The van der Waals surface area contributed by atoms with E-state index in [1.165, 1.54) is 43.6 Å². The van der Waals surface area contributed by atoms with Gasteiger partial charge in [0.05, 0.1) is 0 Å². The van der Waals surface area contributed by atoms with Crippen LogP contribution in [0.25, 0.3) is 0 Å². The van der Waals surface area contributed by atoms with E-state index in [4.69, 9.17) is 5.73 Å². The van der Waals surface area contributed by atoms with Crippen LogP contribution in [0.3, 0.4) is 0 Å². The molecule has 1 aromatic rings. The highest BCUT2D eigenvalue weighted by Gasteiger charge is 2.35. The number of nitrogens with two attached hydrogens (primary N) is 1. The molecule has 1 saturated heterocycles. The first kappa shape index (κ1) is 14.4. The van der Waals surface area contributed by atoms with Crippen molar-refractivity contribution in [2.24, 2.45) is 11.1 Å². The molecule has 19 heavy (non-hydrogen) atoms. The number of rotatable bonds is 5. The zero-order valence-electron chi connectivity index (χ0n) is 12.7. The smallest absolute Gasteiger partial charge is 0.0414 e. The van der Waals surface area contributed by atoms with Crippen LogP contribution in [0.15, 0.2) is 24.3 Å². The lowest BCUT2D eigenvalue weighted by Crippen LogP contribution is -2.27. The van der Waals surface area contributed by atoms with Crippen LogP contribution in [-0.2, 0) is 0 Å². The van der Waals surface area contributed by atoms with E-state index in [-0.39, 0.29) is 6.04 Å². The lowest BCUT2D eigenvalue weighted by Gasteiger charge is -2.29. The largest absolute Gasteiger partial charge is 0.371 e. The summed E-state index contributed by atoms with van der Waals surface area (Å²) in [6, 6.07) is 8.85. The third-order valence-corrected chi connectivity index (χ3v) is 5.06. The van der Waals surface area contributed by atoms with E-state index >= 15 is 0 Å². The minimum absolute atomic E-state index is 0.162. The summed E-state index contributed by atoms with van der Waals surface area (Å²) in [5, 5.41) is 0. The molecule has 0 amide bonds. The van der Waals surface area contributed by atoms with Gasteiger partial charge >= 0.3 is 0 Å². The fraction of sp³-hybridized carbons (Fsp3) is 0.647. The monoisotopic (exact) mass is 260 g/mol. The van der Waals surface area contributed by atoms with Crippen molar-refractivity contribution in [3.8, 4) is 0 Å². The number of anilines is 1. The van der Waals surface area contributed by atoms with Gasteiger partial charge in [0.25, 0.3) is 0 Å². The third kappa shape index (κ3) is 2.79. The molecule has 2 heteroatoms. The Labute approximate surface area is 118 Å². The van der Waals surface area contributed by atoms with Gasteiger partial charge in [-0.05, 0) is 42.7 Å². The molecule has 0 saturated carbocycles. The summed E-state index contributed by atoms with van der Waals surface area (Å²) in [5.41, 5.74) is 9.46. The van der Waals surface area contributed by atoms with Crippen LogP contribution in [0, 0.1) is 5.41 Å². The molecule has 1 fully saturated rings. The first-order valence-electron chi connectivity index (χ1n) is 7.75. The lowest BCUT2D eigenvalue weighted by molar-refractivity contribution is 0.301. The van der Waals surface area contributed by atoms with Crippen LogP contribution in [0.5, 0.6) is 0 Å². The van der Waals surface area contributed by atoms with Crippen molar-refractivity contribution in [1.82, 2.24) is 0 Å². The lowest BCUT2D eigenvalue weighted by atomic mass is 9.82. The Morgan fingerprint density at radius 1 is 1.21 bits per heavy atom. The standard InChI is InChI=1S/C17H28N2/c1-4-15(18)14-9-7-8-10-16(14)19-12-11-17(5-2,6-3)13-19/h7-10,15H,4-6,11-13,18H2,1-3H3/t15-/m0/s1.